The smallest absolute Gasteiger partial charge is 0.224 e. The van der Waals surface area contributed by atoms with Crippen molar-refractivity contribution in [3.05, 3.63) is 102 Å². The van der Waals surface area contributed by atoms with Crippen LogP contribution >= 0.6 is 0 Å². The van der Waals surface area contributed by atoms with Crippen molar-refractivity contribution in [2.75, 3.05) is 17.7 Å². The van der Waals surface area contributed by atoms with Crippen molar-refractivity contribution >= 4 is 17.3 Å². The van der Waals surface area contributed by atoms with Gasteiger partial charge in [-0.1, -0.05) is 60.7 Å². The SMILES string of the molecule is COc1ccccc1C1Nc2ccc(NC(=O)CCc3ccccc3)cc2C2C=CCC21. The Morgan fingerprint density at radius 3 is 2.69 bits per heavy atom. The lowest BCUT2D eigenvalue weighted by atomic mass is 9.76. The first-order valence-electron chi connectivity index (χ1n) is 11.3. The van der Waals surface area contributed by atoms with E-state index in [0.717, 1.165) is 30.0 Å². The largest absolute Gasteiger partial charge is 0.496 e. The molecule has 1 heterocycles. The topological polar surface area (TPSA) is 50.4 Å². The van der Waals surface area contributed by atoms with E-state index in [1.165, 1.54) is 16.7 Å². The molecule has 3 aromatic carbocycles. The van der Waals surface area contributed by atoms with Gasteiger partial charge in [-0.3, -0.25) is 4.79 Å². The highest BCUT2D eigenvalue weighted by molar-refractivity contribution is 5.91. The molecule has 1 amide bonds. The maximum absolute atomic E-state index is 12.5. The number of amides is 1. The number of hydrogen-bond donors (Lipinski definition) is 2. The number of para-hydroxylation sites is 1. The van der Waals surface area contributed by atoms with E-state index in [9.17, 15) is 4.79 Å². The molecule has 1 aliphatic heterocycles. The minimum Gasteiger partial charge on any atom is -0.496 e. The molecule has 0 aromatic heterocycles. The minimum absolute atomic E-state index is 0.0444. The Hall–Kier alpha value is -3.53. The Morgan fingerprint density at radius 2 is 1.84 bits per heavy atom. The van der Waals surface area contributed by atoms with Gasteiger partial charge >= 0.3 is 0 Å². The van der Waals surface area contributed by atoms with Crippen LogP contribution in [0.15, 0.2) is 84.9 Å². The number of benzene rings is 3. The molecule has 2 aliphatic rings. The summed E-state index contributed by atoms with van der Waals surface area (Å²) in [4.78, 5) is 12.5. The first-order chi connectivity index (χ1) is 15.7. The molecule has 0 fully saturated rings. The van der Waals surface area contributed by atoms with Gasteiger partial charge in [0.25, 0.3) is 0 Å². The number of anilines is 2. The third kappa shape index (κ3) is 4.01. The van der Waals surface area contributed by atoms with Crippen LogP contribution in [0.3, 0.4) is 0 Å². The summed E-state index contributed by atoms with van der Waals surface area (Å²) in [6.07, 6.45) is 6.83. The summed E-state index contributed by atoms with van der Waals surface area (Å²) in [5, 5.41) is 6.85. The van der Waals surface area contributed by atoms with Gasteiger partial charge in [-0.15, -0.1) is 0 Å². The molecule has 0 spiro atoms. The number of ether oxygens (including phenoxy) is 1. The molecule has 3 atom stereocenters. The summed E-state index contributed by atoms with van der Waals surface area (Å²) < 4.78 is 5.64. The molecule has 1 aliphatic carbocycles. The molecule has 2 N–H and O–H groups in total. The maximum Gasteiger partial charge on any atom is 0.224 e. The summed E-state index contributed by atoms with van der Waals surface area (Å²) in [6, 6.07) is 24.8. The maximum atomic E-state index is 12.5. The van der Waals surface area contributed by atoms with Crippen molar-refractivity contribution in [1.29, 1.82) is 0 Å². The summed E-state index contributed by atoms with van der Waals surface area (Å²) >= 11 is 0. The highest BCUT2D eigenvalue weighted by Crippen LogP contribution is 2.51. The molecule has 4 heteroatoms. The number of hydrogen-bond acceptors (Lipinski definition) is 3. The molecule has 3 aromatic rings. The summed E-state index contributed by atoms with van der Waals surface area (Å²) in [5.74, 6) is 1.70. The van der Waals surface area contributed by atoms with Crippen LogP contribution in [0.5, 0.6) is 5.75 Å². The van der Waals surface area contributed by atoms with Crippen molar-refractivity contribution in [3.8, 4) is 5.75 Å². The van der Waals surface area contributed by atoms with Crippen molar-refractivity contribution in [2.24, 2.45) is 5.92 Å². The zero-order chi connectivity index (χ0) is 21.9. The lowest BCUT2D eigenvalue weighted by Crippen LogP contribution is -2.29. The zero-order valence-electron chi connectivity index (χ0n) is 18.3. The number of allylic oxidation sites excluding steroid dienone is 2. The molecule has 0 saturated carbocycles. The second-order valence-electron chi connectivity index (χ2n) is 8.55. The molecule has 3 unspecified atom stereocenters. The first-order valence-corrected chi connectivity index (χ1v) is 11.3. The van der Waals surface area contributed by atoms with Crippen LogP contribution in [0.4, 0.5) is 11.4 Å². The number of nitrogens with one attached hydrogen (secondary N) is 2. The molecule has 162 valence electrons. The van der Waals surface area contributed by atoms with E-state index in [-0.39, 0.29) is 11.9 Å². The summed E-state index contributed by atoms with van der Waals surface area (Å²) in [6.45, 7) is 0. The predicted molar refractivity (Wildman–Crippen MR) is 129 cm³/mol. The lowest BCUT2D eigenvalue weighted by Gasteiger charge is -2.38. The Labute approximate surface area is 189 Å². The van der Waals surface area contributed by atoms with Gasteiger partial charge in [0.15, 0.2) is 0 Å². The second-order valence-corrected chi connectivity index (χ2v) is 8.55. The molecule has 5 rings (SSSR count). The highest BCUT2D eigenvalue weighted by Gasteiger charge is 2.39. The Morgan fingerprint density at radius 1 is 1.03 bits per heavy atom. The van der Waals surface area contributed by atoms with Crippen molar-refractivity contribution in [1.82, 2.24) is 0 Å². The first kappa shape index (κ1) is 20.4. The number of carbonyl (C=O) groups is 1. The Kier molecular flexibility index (Phi) is 5.68. The predicted octanol–water partition coefficient (Wildman–Crippen LogP) is 6.09. The number of fused-ring (bicyclic) bond motifs is 3. The van der Waals surface area contributed by atoms with Crippen LogP contribution in [0.25, 0.3) is 0 Å². The average molecular weight is 425 g/mol. The van der Waals surface area contributed by atoms with Crippen LogP contribution in [-0.2, 0) is 11.2 Å². The second kappa shape index (κ2) is 8.91. The number of rotatable bonds is 6. The van der Waals surface area contributed by atoms with E-state index in [4.69, 9.17) is 4.74 Å². The minimum atomic E-state index is 0.0444. The molecular weight excluding hydrogens is 396 g/mol. The van der Waals surface area contributed by atoms with Crippen molar-refractivity contribution in [2.45, 2.75) is 31.2 Å². The van der Waals surface area contributed by atoms with Crippen LogP contribution in [0, 0.1) is 5.92 Å². The van der Waals surface area contributed by atoms with E-state index in [0.29, 0.717) is 18.3 Å². The Bertz CT molecular complexity index is 1140. The van der Waals surface area contributed by atoms with Crippen LogP contribution in [0.1, 0.15) is 41.5 Å². The number of methoxy groups -OCH3 is 1. The fourth-order valence-electron chi connectivity index (χ4n) is 5.03. The van der Waals surface area contributed by atoms with Crippen LogP contribution in [0.2, 0.25) is 0 Å². The number of aryl methyl sites for hydroxylation is 1. The highest BCUT2D eigenvalue weighted by atomic mass is 16.5. The quantitative estimate of drug-likeness (QED) is 0.471. The van der Waals surface area contributed by atoms with Gasteiger partial charge in [-0.2, -0.15) is 0 Å². The fraction of sp³-hybridized carbons (Fsp3) is 0.250. The third-order valence-corrected chi connectivity index (χ3v) is 6.60. The van der Waals surface area contributed by atoms with E-state index < -0.39 is 0 Å². The normalized spacial score (nSPS) is 20.7. The van der Waals surface area contributed by atoms with Gasteiger partial charge < -0.3 is 15.4 Å². The molecular formula is C28H28N2O2. The fourth-order valence-corrected chi connectivity index (χ4v) is 5.03. The lowest BCUT2D eigenvalue weighted by molar-refractivity contribution is -0.116. The number of carbonyl (C=O) groups excluding carboxylic acids is 1. The van der Waals surface area contributed by atoms with Gasteiger partial charge in [0.05, 0.1) is 13.2 Å². The molecule has 0 bridgehead atoms. The van der Waals surface area contributed by atoms with Crippen LogP contribution < -0.4 is 15.4 Å². The van der Waals surface area contributed by atoms with Gasteiger partial charge in [-0.25, -0.2) is 0 Å². The monoisotopic (exact) mass is 424 g/mol. The zero-order valence-corrected chi connectivity index (χ0v) is 18.3. The van der Waals surface area contributed by atoms with Gasteiger partial charge in [-0.05, 0) is 54.2 Å². The average Bonchev–Trinajstić information content (AvgIpc) is 3.33. The van der Waals surface area contributed by atoms with Crippen molar-refractivity contribution < 1.29 is 9.53 Å². The summed E-state index contributed by atoms with van der Waals surface area (Å²) in [7, 11) is 1.73. The molecule has 0 radical (unpaired) electrons. The van der Waals surface area contributed by atoms with Gasteiger partial charge in [0.1, 0.15) is 5.75 Å². The van der Waals surface area contributed by atoms with E-state index in [1.54, 1.807) is 7.11 Å². The van der Waals surface area contributed by atoms with Gasteiger partial charge in [0.2, 0.25) is 5.91 Å². The van der Waals surface area contributed by atoms with Crippen LogP contribution in [-0.4, -0.2) is 13.0 Å². The summed E-state index contributed by atoms with van der Waals surface area (Å²) in [5.41, 5.74) is 5.60. The van der Waals surface area contributed by atoms with Crippen molar-refractivity contribution in [3.63, 3.8) is 0 Å². The van der Waals surface area contributed by atoms with E-state index in [1.807, 2.05) is 36.4 Å². The Balaban J connectivity index is 1.34. The molecule has 32 heavy (non-hydrogen) atoms. The standard InChI is InChI=1S/C28H28N2O2/c1-32-26-13-6-5-10-23(26)28-22-12-7-11-21(22)24-18-20(15-16-25(24)30-28)29-27(31)17-14-19-8-3-2-4-9-19/h2-11,13,15-16,18,21-22,28,30H,12,14,17H2,1H3,(H,29,31). The van der Waals surface area contributed by atoms with E-state index >= 15 is 0 Å². The third-order valence-electron chi connectivity index (χ3n) is 6.60. The molecule has 0 saturated heterocycles. The molecule has 4 nitrogen and oxygen atoms in total. The van der Waals surface area contributed by atoms with Gasteiger partial charge in [0, 0.05) is 29.3 Å². The van der Waals surface area contributed by atoms with E-state index in [2.05, 4.69) is 59.2 Å².